The Balaban J connectivity index is 1.41. The molecule has 0 aliphatic heterocycles. The first-order valence-corrected chi connectivity index (χ1v) is 11.3. The maximum atomic E-state index is 12.1. The number of hydrogen-bond donors (Lipinski definition) is 0. The van der Waals surface area contributed by atoms with Crippen LogP contribution in [0.4, 0.5) is 0 Å². The molecule has 0 fully saturated rings. The molecule has 0 aliphatic carbocycles. The Morgan fingerprint density at radius 1 is 0.941 bits per heavy atom. The fourth-order valence-corrected chi connectivity index (χ4v) is 3.90. The third kappa shape index (κ3) is 5.85. The van der Waals surface area contributed by atoms with Crippen molar-refractivity contribution in [3.05, 3.63) is 106 Å². The number of esters is 1. The Kier molecular flexibility index (Phi) is 7.28. The molecular weight excluding hydrogens is 444 g/mol. The van der Waals surface area contributed by atoms with Crippen molar-refractivity contribution in [3.63, 3.8) is 0 Å². The summed E-state index contributed by atoms with van der Waals surface area (Å²) < 4.78 is 10.5. The van der Waals surface area contributed by atoms with Crippen LogP contribution in [-0.4, -0.2) is 18.1 Å². The minimum atomic E-state index is -0.479. The highest BCUT2D eigenvalue weighted by Gasteiger charge is 2.09. The van der Waals surface area contributed by atoms with E-state index in [4.69, 9.17) is 9.47 Å². The van der Waals surface area contributed by atoms with Gasteiger partial charge in [-0.1, -0.05) is 54.6 Å². The highest BCUT2D eigenvalue weighted by atomic mass is 32.1. The number of hydrogen-bond acceptors (Lipinski definition) is 6. The summed E-state index contributed by atoms with van der Waals surface area (Å²) in [4.78, 5) is 16.7. The normalized spacial score (nSPS) is 11.2. The SMILES string of the molecule is COc1ccc(/C=C/C(=O)Oc2ccc(/C=C(\C#N)c3nc(-c4ccccc4)cs3)cc2)cc1. The topological polar surface area (TPSA) is 72.2 Å². The van der Waals surface area contributed by atoms with Crippen LogP contribution in [0.25, 0.3) is 29.0 Å². The van der Waals surface area contributed by atoms with Crippen LogP contribution in [0.1, 0.15) is 16.1 Å². The molecule has 4 aromatic rings. The maximum absolute atomic E-state index is 12.1. The first kappa shape index (κ1) is 22.7. The minimum absolute atomic E-state index is 0.417. The summed E-state index contributed by atoms with van der Waals surface area (Å²) in [5.74, 6) is 0.689. The smallest absolute Gasteiger partial charge is 0.336 e. The number of allylic oxidation sites excluding steroid dienone is 1. The molecule has 0 unspecified atom stereocenters. The molecule has 4 rings (SSSR count). The zero-order valence-corrected chi connectivity index (χ0v) is 19.2. The van der Waals surface area contributed by atoms with Crippen molar-refractivity contribution >= 4 is 35.0 Å². The van der Waals surface area contributed by atoms with Crippen molar-refractivity contribution in [2.24, 2.45) is 0 Å². The van der Waals surface area contributed by atoms with Gasteiger partial charge in [0.25, 0.3) is 0 Å². The summed E-state index contributed by atoms with van der Waals surface area (Å²) in [5.41, 5.74) is 3.99. The average molecular weight is 465 g/mol. The highest BCUT2D eigenvalue weighted by molar-refractivity contribution is 7.11. The van der Waals surface area contributed by atoms with Crippen LogP contribution < -0.4 is 9.47 Å². The number of aromatic nitrogens is 1. The number of nitriles is 1. The Hall–Kier alpha value is -4.47. The number of benzene rings is 3. The quantitative estimate of drug-likeness (QED) is 0.135. The van der Waals surface area contributed by atoms with Gasteiger partial charge in [-0.15, -0.1) is 11.3 Å². The molecule has 0 saturated carbocycles. The average Bonchev–Trinajstić information content (AvgIpc) is 3.38. The van der Waals surface area contributed by atoms with Crippen molar-refractivity contribution in [1.82, 2.24) is 4.98 Å². The van der Waals surface area contributed by atoms with E-state index in [0.717, 1.165) is 28.1 Å². The molecule has 0 aliphatic rings. The van der Waals surface area contributed by atoms with Crippen molar-refractivity contribution in [2.75, 3.05) is 7.11 Å². The van der Waals surface area contributed by atoms with Gasteiger partial charge in [0.15, 0.2) is 0 Å². The van der Waals surface area contributed by atoms with Gasteiger partial charge in [-0.05, 0) is 47.5 Å². The van der Waals surface area contributed by atoms with E-state index in [-0.39, 0.29) is 0 Å². The molecule has 1 heterocycles. The van der Waals surface area contributed by atoms with E-state index in [1.807, 2.05) is 60.0 Å². The lowest BCUT2D eigenvalue weighted by molar-refractivity contribution is -0.128. The molecule has 166 valence electrons. The van der Waals surface area contributed by atoms with Gasteiger partial charge < -0.3 is 9.47 Å². The van der Waals surface area contributed by atoms with Crippen LogP contribution >= 0.6 is 11.3 Å². The Morgan fingerprint density at radius 3 is 2.29 bits per heavy atom. The zero-order chi connectivity index (χ0) is 23.8. The lowest BCUT2D eigenvalue weighted by atomic mass is 10.1. The molecule has 0 radical (unpaired) electrons. The summed E-state index contributed by atoms with van der Waals surface area (Å²) in [6.45, 7) is 0. The molecular formula is C28H20N2O3S. The second kappa shape index (κ2) is 10.9. The van der Waals surface area contributed by atoms with Crippen molar-refractivity contribution in [3.8, 4) is 28.8 Å². The van der Waals surface area contributed by atoms with Gasteiger partial charge in [-0.25, -0.2) is 9.78 Å². The standard InChI is InChI=1S/C28H20N2O3S/c1-32-24-12-7-20(8-13-24)11-16-27(31)33-25-14-9-21(10-15-25)17-23(18-29)28-30-26(19-34-28)22-5-3-2-4-6-22/h2-17,19H,1H3/b16-11+,23-17+. The van der Waals surface area contributed by atoms with Crippen LogP contribution in [0.2, 0.25) is 0 Å². The van der Waals surface area contributed by atoms with Gasteiger partial charge in [0.1, 0.15) is 22.6 Å². The van der Waals surface area contributed by atoms with Crippen LogP contribution in [0.3, 0.4) is 0 Å². The molecule has 1 aromatic heterocycles. The van der Waals surface area contributed by atoms with Crippen LogP contribution in [0, 0.1) is 11.3 Å². The van der Waals surface area contributed by atoms with Gasteiger partial charge in [-0.3, -0.25) is 0 Å². The lowest BCUT2D eigenvalue weighted by Gasteiger charge is -2.02. The minimum Gasteiger partial charge on any atom is -0.497 e. The third-order valence-corrected chi connectivity index (χ3v) is 5.74. The number of carbonyl (C=O) groups is 1. The molecule has 34 heavy (non-hydrogen) atoms. The largest absolute Gasteiger partial charge is 0.497 e. The number of rotatable bonds is 7. The lowest BCUT2D eigenvalue weighted by Crippen LogP contribution is -2.03. The number of ether oxygens (including phenoxy) is 2. The first-order chi connectivity index (χ1) is 16.6. The molecule has 0 bridgehead atoms. The van der Waals surface area contributed by atoms with E-state index in [2.05, 4.69) is 11.1 Å². The molecule has 0 saturated heterocycles. The second-order valence-electron chi connectivity index (χ2n) is 7.17. The number of thiazole rings is 1. The third-order valence-electron chi connectivity index (χ3n) is 4.86. The van der Waals surface area contributed by atoms with Gasteiger partial charge >= 0.3 is 5.97 Å². The van der Waals surface area contributed by atoms with Crippen LogP contribution in [0.5, 0.6) is 11.5 Å². The molecule has 3 aromatic carbocycles. The fraction of sp³-hybridized carbons (Fsp3) is 0.0357. The second-order valence-corrected chi connectivity index (χ2v) is 8.03. The van der Waals surface area contributed by atoms with E-state index in [0.29, 0.717) is 16.3 Å². The Bertz CT molecular complexity index is 1360. The maximum Gasteiger partial charge on any atom is 0.336 e. The van der Waals surface area contributed by atoms with E-state index >= 15 is 0 Å². The van der Waals surface area contributed by atoms with Crippen LogP contribution in [-0.2, 0) is 4.79 Å². The van der Waals surface area contributed by atoms with E-state index < -0.39 is 5.97 Å². The first-order valence-electron chi connectivity index (χ1n) is 10.4. The summed E-state index contributed by atoms with van der Waals surface area (Å²) in [6.07, 6.45) is 4.81. The fourth-order valence-electron chi connectivity index (χ4n) is 3.11. The Morgan fingerprint density at radius 2 is 1.62 bits per heavy atom. The van der Waals surface area contributed by atoms with E-state index in [1.165, 1.54) is 17.4 Å². The van der Waals surface area contributed by atoms with Crippen molar-refractivity contribution in [1.29, 1.82) is 5.26 Å². The number of methoxy groups -OCH3 is 1. The number of nitrogens with zero attached hydrogens (tertiary/aromatic N) is 2. The van der Waals surface area contributed by atoms with Crippen LogP contribution in [0.15, 0.2) is 90.3 Å². The molecule has 0 amide bonds. The van der Waals surface area contributed by atoms with Gasteiger partial charge in [0, 0.05) is 17.0 Å². The summed E-state index contributed by atoms with van der Waals surface area (Å²) in [7, 11) is 1.60. The monoisotopic (exact) mass is 464 g/mol. The predicted octanol–water partition coefficient (Wildman–Crippen LogP) is 6.50. The summed E-state index contributed by atoms with van der Waals surface area (Å²) in [5, 5.41) is 12.2. The summed E-state index contributed by atoms with van der Waals surface area (Å²) >= 11 is 1.43. The number of carbonyl (C=O) groups excluding carboxylic acids is 1. The predicted molar refractivity (Wildman–Crippen MR) is 135 cm³/mol. The van der Waals surface area contributed by atoms with Gasteiger partial charge in [-0.2, -0.15) is 5.26 Å². The van der Waals surface area contributed by atoms with E-state index in [9.17, 15) is 10.1 Å². The highest BCUT2D eigenvalue weighted by Crippen LogP contribution is 2.27. The Labute approximate surface area is 201 Å². The zero-order valence-electron chi connectivity index (χ0n) is 18.3. The van der Waals surface area contributed by atoms with Crippen molar-refractivity contribution in [2.45, 2.75) is 0 Å². The molecule has 0 atom stereocenters. The molecule has 6 heteroatoms. The summed E-state index contributed by atoms with van der Waals surface area (Å²) in [6, 6.07) is 26.4. The molecule has 0 spiro atoms. The van der Waals surface area contributed by atoms with Gasteiger partial charge in [0.05, 0.1) is 18.4 Å². The van der Waals surface area contributed by atoms with E-state index in [1.54, 1.807) is 43.5 Å². The van der Waals surface area contributed by atoms with Gasteiger partial charge in [0.2, 0.25) is 0 Å². The molecule has 0 N–H and O–H groups in total. The molecule has 5 nitrogen and oxygen atoms in total. The van der Waals surface area contributed by atoms with Crippen molar-refractivity contribution < 1.29 is 14.3 Å².